The summed E-state index contributed by atoms with van der Waals surface area (Å²) in [6, 6.07) is 12.9. The van der Waals surface area contributed by atoms with Gasteiger partial charge in [-0.15, -0.1) is 5.11 Å². The number of rotatable bonds is 3. The normalized spacial score (nSPS) is 28.6. The van der Waals surface area contributed by atoms with E-state index in [1.54, 1.807) is 0 Å². The number of allylic oxidation sites excluding steroid dienone is 2. The summed E-state index contributed by atoms with van der Waals surface area (Å²) in [5.74, 6) is 1.80. The molecule has 2 aromatic rings. The van der Waals surface area contributed by atoms with Gasteiger partial charge in [-0.25, -0.2) is 0 Å². The quantitative estimate of drug-likeness (QED) is 0.753. The molecule has 5 heteroatoms. The van der Waals surface area contributed by atoms with Crippen LogP contribution in [0.2, 0.25) is 0 Å². The second kappa shape index (κ2) is 6.71. The molecule has 0 radical (unpaired) electrons. The lowest BCUT2D eigenvalue weighted by molar-refractivity contribution is -0.120. The molecule has 2 bridgehead atoms. The Morgan fingerprint density at radius 2 is 1.97 bits per heavy atom. The van der Waals surface area contributed by atoms with Crippen LogP contribution < -0.4 is 5.32 Å². The Labute approximate surface area is 182 Å². The standard InChI is InChI=1S/C26H26N4O/c1-3-26(20-6-4-5-16(13-20)17-9-10-27-15(2)11-17)21-14-28-30-25(21)29-23-18-7-8-19(12-18)24(31)22(23)26/h4-6,9-11,13,18-19,29H,3,7-8,12,14H2,1-2H3/t18-,19+,26+/m1/s1. The lowest BCUT2D eigenvalue weighted by atomic mass is 9.60. The van der Waals surface area contributed by atoms with Gasteiger partial charge in [0.05, 0.1) is 12.0 Å². The first-order valence-electron chi connectivity index (χ1n) is 11.3. The molecule has 0 amide bonds. The summed E-state index contributed by atoms with van der Waals surface area (Å²) >= 11 is 0. The first kappa shape index (κ1) is 18.7. The van der Waals surface area contributed by atoms with Crippen molar-refractivity contribution in [3.63, 3.8) is 0 Å². The van der Waals surface area contributed by atoms with E-state index in [1.165, 1.54) is 5.56 Å². The van der Waals surface area contributed by atoms with Crippen LogP contribution >= 0.6 is 0 Å². The maximum atomic E-state index is 13.8. The number of azo groups is 1. The molecule has 3 atom stereocenters. The number of dihydropyridines is 1. The van der Waals surface area contributed by atoms with Crippen molar-refractivity contribution >= 4 is 5.78 Å². The van der Waals surface area contributed by atoms with Gasteiger partial charge in [-0.2, -0.15) is 5.11 Å². The Bertz CT molecular complexity index is 1210. The Morgan fingerprint density at radius 1 is 1.13 bits per heavy atom. The van der Waals surface area contributed by atoms with E-state index in [0.29, 0.717) is 18.2 Å². The number of nitrogens with zero attached hydrogens (tertiary/aromatic N) is 3. The zero-order chi connectivity index (χ0) is 21.2. The topological polar surface area (TPSA) is 66.7 Å². The molecule has 156 valence electrons. The van der Waals surface area contributed by atoms with Gasteiger partial charge in [0.15, 0.2) is 11.6 Å². The van der Waals surface area contributed by atoms with Crippen molar-refractivity contribution in [2.75, 3.05) is 6.54 Å². The van der Waals surface area contributed by atoms with Gasteiger partial charge in [0.1, 0.15) is 0 Å². The van der Waals surface area contributed by atoms with Crippen LogP contribution in [-0.2, 0) is 10.2 Å². The van der Waals surface area contributed by atoms with Crippen molar-refractivity contribution in [2.24, 2.45) is 22.1 Å². The third-order valence-corrected chi connectivity index (χ3v) is 7.72. The highest BCUT2D eigenvalue weighted by Crippen LogP contribution is 2.56. The first-order chi connectivity index (χ1) is 15.1. The van der Waals surface area contributed by atoms with E-state index in [1.807, 2.05) is 13.1 Å². The summed E-state index contributed by atoms with van der Waals surface area (Å²) in [7, 11) is 0. The van der Waals surface area contributed by atoms with Crippen molar-refractivity contribution in [1.82, 2.24) is 10.3 Å². The lowest BCUT2D eigenvalue weighted by Gasteiger charge is -2.44. The van der Waals surface area contributed by atoms with Crippen LogP contribution in [0.1, 0.15) is 43.9 Å². The molecule has 2 aliphatic carbocycles. The van der Waals surface area contributed by atoms with Crippen LogP contribution in [0.15, 0.2) is 75.5 Å². The number of pyridine rings is 1. The van der Waals surface area contributed by atoms with Gasteiger partial charge in [0.2, 0.25) is 0 Å². The average Bonchev–Trinajstić information content (AvgIpc) is 3.45. The van der Waals surface area contributed by atoms with Gasteiger partial charge < -0.3 is 5.32 Å². The van der Waals surface area contributed by atoms with Gasteiger partial charge >= 0.3 is 0 Å². The van der Waals surface area contributed by atoms with Crippen LogP contribution in [0.4, 0.5) is 0 Å². The SMILES string of the molecule is CC[C@]1(c2cccc(-c3ccnc(C)c3)c2)C2=C(N=NC2)NC2=C1C(=O)[C@H]1CC[C@@H]2C1. The smallest absolute Gasteiger partial charge is 0.164 e. The van der Waals surface area contributed by atoms with E-state index in [-0.39, 0.29) is 5.92 Å². The Kier molecular flexibility index (Phi) is 4.04. The number of aryl methyl sites for hydroxylation is 1. The van der Waals surface area contributed by atoms with Crippen molar-refractivity contribution in [1.29, 1.82) is 0 Å². The number of carbonyl (C=O) groups excluding carboxylic acids is 1. The highest BCUT2D eigenvalue weighted by molar-refractivity contribution is 6.03. The molecule has 1 saturated carbocycles. The monoisotopic (exact) mass is 410 g/mol. The summed E-state index contributed by atoms with van der Waals surface area (Å²) in [4.78, 5) is 18.1. The third-order valence-electron chi connectivity index (χ3n) is 7.72. The number of Topliss-reactive ketones (excluding diaryl/α,β-unsaturated/α-hetero) is 1. The zero-order valence-electron chi connectivity index (χ0n) is 18.0. The van der Waals surface area contributed by atoms with Crippen molar-refractivity contribution in [2.45, 2.75) is 44.9 Å². The molecule has 31 heavy (non-hydrogen) atoms. The minimum atomic E-state index is -0.462. The molecule has 2 aliphatic heterocycles. The van der Waals surface area contributed by atoms with E-state index in [2.05, 4.69) is 63.9 Å². The summed E-state index contributed by atoms with van der Waals surface area (Å²) in [5, 5.41) is 12.4. The van der Waals surface area contributed by atoms with Crippen LogP contribution in [0, 0.1) is 18.8 Å². The predicted octanol–water partition coefficient (Wildman–Crippen LogP) is 5.24. The molecular weight excluding hydrogens is 384 g/mol. The van der Waals surface area contributed by atoms with E-state index in [4.69, 9.17) is 0 Å². The number of carbonyl (C=O) groups is 1. The number of benzene rings is 1. The largest absolute Gasteiger partial charge is 0.342 e. The number of hydrogen-bond donors (Lipinski definition) is 1. The fourth-order valence-corrected chi connectivity index (χ4v) is 6.26. The Morgan fingerprint density at radius 3 is 2.81 bits per heavy atom. The minimum absolute atomic E-state index is 0.167. The third kappa shape index (κ3) is 2.55. The summed E-state index contributed by atoms with van der Waals surface area (Å²) < 4.78 is 0. The number of hydrogen-bond acceptors (Lipinski definition) is 5. The van der Waals surface area contributed by atoms with E-state index in [9.17, 15) is 4.79 Å². The van der Waals surface area contributed by atoms with E-state index in [0.717, 1.165) is 65.2 Å². The molecule has 0 unspecified atom stereocenters. The fourth-order valence-electron chi connectivity index (χ4n) is 6.26. The molecule has 1 aromatic heterocycles. The average molecular weight is 411 g/mol. The fraction of sp³-hybridized carbons (Fsp3) is 0.385. The molecule has 5 nitrogen and oxygen atoms in total. The van der Waals surface area contributed by atoms with Crippen LogP contribution in [0.3, 0.4) is 0 Å². The van der Waals surface area contributed by atoms with E-state index < -0.39 is 5.41 Å². The van der Waals surface area contributed by atoms with Gasteiger partial charge in [-0.3, -0.25) is 9.78 Å². The zero-order valence-corrected chi connectivity index (χ0v) is 18.0. The second-order valence-electron chi connectivity index (χ2n) is 9.24. The molecule has 1 fully saturated rings. The summed E-state index contributed by atoms with van der Waals surface area (Å²) in [6.07, 6.45) is 5.73. The Balaban J connectivity index is 1.58. The maximum absolute atomic E-state index is 13.8. The molecule has 0 spiro atoms. The predicted molar refractivity (Wildman–Crippen MR) is 119 cm³/mol. The second-order valence-corrected chi connectivity index (χ2v) is 9.24. The Hall–Kier alpha value is -3.08. The van der Waals surface area contributed by atoms with Crippen LogP contribution in [-0.4, -0.2) is 17.3 Å². The van der Waals surface area contributed by atoms with Crippen LogP contribution in [0.5, 0.6) is 0 Å². The summed E-state index contributed by atoms with van der Waals surface area (Å²) in [5.41, 5.74) is 7.25. The van der Waals surface area contributed by atoms with Crippen molar-refractivity contribution in [3.05, 3.63) is 76.5 Å². The molecular formula is C26H26N4O. The highest BCUT2D eigenvalue weighted by atomic mass is 16.1. The maximum Gasteiger partial charge on any atom is 0.164 e. The summed E-state index contributed by atoms with van der Waals surface area (Å²) in [6.45, 7) is 4.76. The number of aromatic nitrogens is 1. The van der Waals surface area contributed by atoms with Gasteiger partial charge in [-0.05, 0) is 67.5 Å². The molecule has 3 heterocycles. The van der Waals surface area contributed by atoms with E-state index >= 15 is 0 Å². The van der Waals surface area contributed by atoms with Gasteiger partial charge in [-0.1, -0.05) is 25.1 Å². The molecule has 6 rings (SSSR count). The minimum Gasteiger partial charge on any atom is -0.342 e. The number of fused-ring (bicyclic) bond motifs is 3. The first-order valence-corrected chi connectivity index (χ1v) is 11.3. The molecule has 4 aliphatic rings. The molecule has 1 aromatic carbocycles. The molecule has 0 saturated heterocycles. The van der Waals surface area contributed by atoms with Crippen LogP contribution in [0.25, 0.3) is 11.1 Å². The van der Waals surface area contributed by atoms with Crippen molar-refractivity contribution in [3.8, 4) is 11.1 Å². The number of ketones is 1. The lowest BCUT2D eigenvalue weighted by Crippen LogP contribution is -2.46. The van der Waals surface area contributed by atoms with Gasteiger partial charge in [0.25, 0.3) is 0 Å². The van der Waals surface area contributed by atoms with Crippen molar-refractivity contribution < 1.29 is 4.79 Å². The highest BCUT2D eigenvalue weighted by Gasteiger charge is 2.54. The van der Waals surface area contributed by atoms with Gasteiger partial charge in [0, 0.05) is 40.6 Å². The number of nitrogens with one attached hydrogen (secondary N) is 1. The molecule has 1 N–H and O–H groups in total.